The fourth-order valence-electron chi connectivity index (χ4n) is 2.19. The predicted octanol–water partition coefficient (Wildman–Crippen LogP) is 2.32. The van der Waals surface area contributed by atoms with Crippen molar-refractivity contribution in [3.05, 3.63) is 46.6 Å². The van der Waals surface area contributed by atoms with Crippen LogP contribution in [0.5, 0.6) is 0 Å². The fraction of sp³-hybridized carbons (Fsp3) is 0.231. The van der Waals surface area contributed by atoms with Gasteiger partial charge in [0, 0.05) is 18.2 Å². The maximum Gasteiger partial charge on any atom is 0.364 e. The summed E-state index contributed by atoms with van der Waals surface area (Å²) >= 11 is 0. The molecule has 0 unspecified atom stereocenters. The molecule has 3 aromatic rings. The van der Waals surface area contributed by atoms with Gasteiger partial charge in [0.15, 0.2) is 5.52 Å². The quantitative estimate of drug-likeness (QED) is 0.639. The van der Waals surface area contributed by atoms with E-state index in [2.05, 4.69) is 4.98 Å². The average Bonchev–Trinajstić information content (AvgIpc) is 3.11. The van der Waals surface area contributed by atoms with E-state index in [0.717, 1.165) is 29.8 Å². The number of fused-ring (bicyclic) bond motifs is 3. The van der Waals surface area contributed by atoms with Gasteiger partial charge in [-0.25, -0.2) is 9.78 Å². The highest BCUT2D eigenvalue weighted by atomic mass is 16.4. The van der Waals surface area contributed by atoms with Crippen LogP contribution in [-0.2, 0) is 0 Å². The molecule has 1 aliphatic carbocycles. The first-order valence-electron chi connectivity index (χ1n) is 5.74. The summed E-state index contributed by atoms with van der Waals surface area (Å²) in [5.41, 5.74) is 1.72. The Bertz CT molecular complexity index is 781. The van der Waals surface area contributed by atoms with Crippen molar-refractivity contribution in [1.82, 2.24) is 9.38 Å². The Morgan fingerprint density at radius 2 is 2.24 bits per heavy atom. The lowest BCUT2D eigenvalue weighted by Crippen LogP contribution is -2.01. The number of aromatic nitrogens is 2. The van der Waals surface area contributed by atoms with Crippen molar-refractivity contribution in [2.45, 2.75) is 18.8 Å². The lowest BCUT2D eigenvalue weighted by Gasteiger charge is -1.97. The van der Waals surface area contributed by atoms with E-state index in [4.69, 9.17) is 4.42 Å². The molecule has 4 heteroatoms. The first-order valence-corrected chi connectivity index (χ1v) is 5.74. The molecule has 0 aliphatic heterocycles. The number of rotatable bonds is 1. The molecule has 0 bridgehead atoms. The van der Waals surface area contributed by atoms with Gasteiger partial charge < -0.3 is 4.42 Å². The molecule has 4 nitrogen and oxygen atoms in total. The molecule has 0 atom stereocenters. The Kier molecular flexibility index (Phi) is 1.57. The second kappa shape index (κ2) is 2.97. The van der Waals surface area contributed by atoms with E-state index in [-0.39, 0.29) is 5.63 Å². The van der Waals surface area contributed by atoms with Crippen molar-refractivity contribution in [3.63, 3.8) is 0 Å². The van der Waals surface area contributed by atoms with Crippen LogP contribution in [0.15, 0.2) is 39.7 Å². The van der Waals surface area contributed by atoms with Crippen LogP contribution in [0, 0.1) is 0 Å². The number of imidazole rings is 1. The monoisotopic (exact) mass is 226 g/mol. The van der Waals surface area contributed by atoms with E-state index in [9.17, 15) is 4.79 Å². The molecular formula is C13H10N2O2. The van der Waals surface area contributed by atoms with Crippen LogP contribution in [0.3, 0.4) is 0 Å². The Hall–Kier alpha value is -2.10. The van der Waals surface area contributed by atoms with Gasteiger partial charge in [-0.3, -0.25) is 4.40 Å². The maximum atomic E-state index is 11.9. The van der Waals surface area contributed by atoms with Crippen molar-refractivity contribution >= 4 is 16.7 Å². The minimum atomic E-state index is -0.326. The molecule has 1 aliphatic rings. The van der Waals surface area contributed by atoms with Gasteiger partial charge in [0.2, 0.25) is 0 Å². The van der Waals surface area contributed by atoms with Crippen molar-refractivity contribution in [2.24, 2.45) is 0 Å². The second-order valence-electron chi connectivity index (χ2n) is 4.48. The predicted molar refractivity (Wildman–Crippen MR) is 63.2 cm³/mol. The van der Waals surface area contributed by atoms with Gasteiger partial charge in [-0.2, -0.15) is 0 Å². The summed E-state index contributed by atoms with van der Waals surface area (Å²) in [6.45, 7) is 0. The Balaban J connectivity index is 2.18. The van der Waals surface area contributed by atoms with E-state index in [1.165, 1.54) is 0 Å². The minimum Gasteiger partial charge on any atom is -0.426 e. The maximum absolute atomic E-state index is 11.9. The summed E-state index contributed by atoms with van der Waals surface area (Å²) in [7, 11) is 0. The lowest BCUT2D eigenvalue weighted by molar-refractivity contribution is 0.467. The molecule has 0 radical (unpaired) electrons. The van der Waals surface area contributed by atoms with Crippen LogP contribution in [0.1, 0.15) is 24.5 Å². The fourth-order valence-corrected chi connectivity index (χ4v) is 2.19. The Morgan fingerprint density at radius 3 is 3.06 bits per heavy atom. The zero-order valence-electron chi connectivity index (χ0n) is 9.09. The van der Waals surface area contributed by atoms with Gasteiger partial charge in [-0.15, -0.1) is 0 Å². The van der Waals surface area contributed by atoms with Gasteiger partial charge in [0.25, 0.3) is 0 Å². The van der Waals surface area contributed by atoms with Crippen molar-refractivity contribution < 1.29 is 4.42 Å². The molecule has 0 aromatic carbocycles. The Morgan fingerprint density at radius 1 is 1.35 bits per heavy atom. The summed E-state index contributed by atoms with van der Waals surface area (Å²) in [5.74, 6) is 1.23. The minimum absolute atomic E-state index is 0.326. The third-order valence-corrected chi connectivity index (χ3v) is 3.23. The van der Waals surface area contributed by atoms with Crippen molar-refractivity contribution in [3.8, 4) is 0 Å². The highest BCUT2D eigenvalue weighted by Crippen LogP contribution is 2.40. The van der Waals surface area contributed by atoms with E-state index in [0.29, 0.717) is 11.4 Å². The molecule has 0 spiro atoms. The molecule has 17 heavy (non-hydrogen) atoms. The Labute approximate surface area is 96.5 Å². The molecule has 0 saturated heterocycles. The summed E-state index contributed by atoms with van der Waals surface area (Å²) < 4.78 is 7.24. The normalized spacial score (nSPS) is 15.8. The van der Waals surface area contributed by atoms with Gasteiger partial charge in [0.05, 0.1) is 5.52 Å². The van der Waals surface area contributed by atoms with E-state index in [1.54, 1.807) is 0 Å². The summed E-state index contributed by atoms with van der Waals surface area (Å²) in [6.07, 6.45) is 4.15. The number of pyridine rings is 1. The molecule has 3 heterocycles. The van der Waals surface area contributed by atoms with Crippen LogP contribution in [0.4, 0.5) is 0 Å². The number of hydrogen-bond acceptors (Lipinski definition) is 3. The number of hydrogen-bond donors (Lipinski definition) is 0. The van der Waals surface area contributed by atoms with Crippen LogP contribution in [0.2, 0.25) is 0 Å². The van der Waals surface area contributed by atoms with E-state index in [1.807, 2.05) is 34.9 Å². The lowest BCUT2D eigenvalue weighted by atomic mass is 10.2. The van der Waals surface area contributed by atoms with Crippen LogP contribution in [-0.4, -0.2) is 9.38 Å². The van der Waals surface area contributed by atoms with Crippen LogP contribution < -0.4 is 5.63 Å². The standard InChI is InChI=1S/C13H10N2O2/c16-13-12-9(7-10(17-13)8-4-5-8)15-6-2-1-3-11(15)14-12/h1-3,6-8H,4-5H2. The van der Waals surface area contributed by atoms with Crippen LogP contribution >= 0.6 is 0 Å². The molecule has 0 amide bonds. The zero-order valence-corrected chi connectivity index (χ0v) is 9.09. The van der Waals surface area contributed by atoms with Gasteiger partial charge in [-0.1, -0.05) is 6.07 Å². The summed E-state index contributed by atoms with van der Waals surface area (Å²) in [6, 6.07) is 7.68. The SMILES string of the molecule is O=c1oc(C2CC2)cc2c1nc1ccccn12. The molecule has 1 fully saturated rings. The van der Waals surface area contributed by atoms with Gasteiger partial charge in [-0.05, 0) is 25.0 Å². The topological polar surface area (TPSA) is 47.5 Å². The van der Waals surface area contributed by atoms with Gasteiger partial charge >= 0.3 is 5.63 Å². The first-order chi connectivity index (χ1) is 8.33. The largest absolute Gasteiger partial charge is 0.426 e. The summed E-state index contributed by atoms with van der Waals surface area (Å²) in [5, 5.41) is 0. The van der Waals surface area contributed by atoms with Crippen molar-refractivity contribution in [1.29, 1.82) is 0 Å². The molecule has 84 valence electrons. The highest BCUT2D eigenvalue weighted by molar-refractivity contribution is 5.79. The molecule has 1 saturated carbocycles. The third-order valence-electron chi connectivity index (χ3n) is 3.23. The average molecular weight is 226 g/mol. The molecule has 4 rings (SSSR count). The highest BCUT2D eigenvalue weighted by Gasteiger charge is 2.27. The third kappa shape index (κ3) is 1.24. The smallest absolute Gasteiger partial charge is 0.364 e. The van der Waals surface area contributed by atoms with Crippen molar-refractivity contribution in [2.75, 3.05) is 0 Å². The molecule has 3 aromatic heterocycles. The first kappa shape index (κ1) is 8.98. The second-order valence-corrected chi connectivity index (χ2v) is 4.48. The number of nitrogens with zero attached hydrogens (tertiary/aromatic N) is 2. The molecular weight excluding hydrogens is 216 g/mol. The van der Waals surface area contributed by atoms with E-state index < -0.39 is 0 Å². The van der Waals surface area contributed by atoms with E-state index >= 15 is 0 Å². The summed E-state index contributed by atoms with van der Waals surface area (Å²) in [4.78, 5) is 16.2. The van der Waals surface area contributed by atoms with Gasteiger partial charge in [0.1, 0.15) is 11.4 Å². The zero-order chi connectivity index (χ0) is 11.4. The van der Waals surface area contributed by atoms with Crippen LogP contribution in [0.25, 0.3) is 16.7 Å². The molecule has 0 N–H and O–H groups in total.